The summed E-state index contributed by atoms with van der Waals surface area (Å²) < 4.78 is 1.78. The molecule has 0 fully saturated rings. The first-order chi connectivity index (χ1) is 12.5. The van der Waals surface area contributed by atoms with Crippen LogP contribution in [0, 0.1) is 6.92 Å². The number of nitrogens with zero attached hydrogens (tertiary/aromatic N) is 4. The van der Waals surface area contributed by atoms with E-state index in [4.69, 9.17) is 5.73 Å². The van der Waals surface area contributed by atoms with Crippen LogP contribution in [0.2, 0.25) is 0 Å². The molecule has 0 bridgehead atoms. The Balaban J connectivity index is 1.97. The number of primary amides is 1. The van der Waals surface area contributed by atoms with Crippen molar-refractivity contribution >= 4 is 17.1 Å². The van der Waals surface area contributed by atoms with Gasteiger partial charge in [0, 0.05) is 11.3 Å². The van der Waals surface area contributed by atoms with Gasteiger partial charge in [0.25, 0.3) is 5.91 Å². The van der Waals surface area contributed by atoms with Gasteiger partial charge in [-0.25, -0.2) is 15.0 Å². The van der Waals surface area contributed by atoms with Crippen LogP contribution in [0.5, 0.6) is 5.75 Å². The molecular weight excluding hydrogens is 330 g/mol. The number of aromatic nitrogens is 4. The highest BCUT2D eigenvalue weighted by Crippen LogP contribution is 2.24. The van der Waals surface area contributed by atoms with Crippen LogP contribution in [0.25, 0.3) is 28.2 Å². The highest BCUT2D eigenvalue weighted by atomic mass is 16.3. The SMILES string of the molecule is Cc1ccc(-n2cnc3c(C(N)=O)nc(-c4ccc(O)cc4)nc32)cc1. The molecule has 7 heteroatoms. The number of nitrogens with two attached hydrogens (primary N) is 1. The van der Waals surface area contributed by atoms with Crippen molar-refractivity contribution < 1.29 is 9.90 Å². The topological polar surface area (TPSA) is 107 Å². The van der Waals surface area contributed by atoms with E-state index in [-0.39, 0.29) is 11.4 Å². The van der Waals surface area contributed by atoms with Gasteiger partial charge < -0.3 is 10.8 Å². The van der Waals surface area contributed by atoms with Crippen LogP contribution in [-0.4, -0.2) is 30.5 Å². The second kappa shape index (κ2) is 5.96. The Hall–Kier alpha value is -3.74. The molecule has 0 unspecified atom stereocenters. The largest absolute Gasteiger partial charge is 0.508 e. The Morgan fingerprint density at radius 3 is 2.38 bits per heavy atom. The average molecular weight is 345 g/mol. The monoisotopic (exact) mass is 345 g/mol. The quantitative estimate of drug-likeness (QED) is 0.593. The Morgan fingerprint density at radius 1 is 1.04 bits per heavy atom. The lowest BCUT2D eigenvalue weighted by atomic mass is 10.2. The van der Waals surface area contributed by atoms with E-state index in [2.05, 4.69) is 15.0 Å². The third-order valence-electron chi connectivity index (χ3n) is 4.07. The molecule has 2 aromatic heterocycles. The zero-order valence-electron chi connectivity index (χ0n) is 13.9. The number of imidazole rings is 1. The molecule has 3 N–H and O–H groups in total. The fourth-order valence-corrected chi connectivity index (χ4v) is 2.71. The van der Waals surface area contributed by atoms with E-state index in [0.29, 0.717) is 22.6 Å². The number of hydrogen-bond acceptors (Lipinski definition) is 5. The molecular formula is C19H15N5O2. The van der Waals surface area contributed by atoms with Gasteiger partial charge in [-0.15, -0.1) is 0 Å². The minimum atomic E-state index is -0.674. The summed E-state index contributed by atoms with van der Waals surface area (Å²) in [6.45, 7) is 2.01. The summed E-state index contributed by atoms with van der Waals surface area (Å²) >= 11 is 0. The zero-order valence-corrected chi connectivity index (χ0v) is 13.9. The predicted octanol–water partition coefficient (Wildman–Crippen LogP) is 2.60. The number of carbonyl (C=O) groups is 1. The van der Waals surface area contributed by atoms with E-state index in [0.717, 1.165) is 11.3 Å². The van der Waals surface area contributed by atoms with E-state index in [1.54, 1.807) is 23.0 Å². The minimum Gasteiger partial charge on any atom is -0.508 e. The maximum atomic E-state index is 11.9. The Kier molecular flexibility index (Phi) is 3.62. The molecule has 0 aliphatic carbocycles. The number of benzene rings is 2. The summed E-state index contributed by atoms with van der Waals surface area (Å²) in [6, 6.07) is 14.3. The van der Waals surface area contributed by atoms with E-state index in [9.17, 15) is 9.90 Å². The van der Waals surface area contributed by atoms with Gasteiger partial charge in [0.2, 0.25) is 0 Å². The summed E-state index contributed by atoms with van der Waals surface area (Å²) in [5.41, 5.74) is 9.05. The van der Waals surface area contributed by atoms with E-state index in [1.807, 2.05) is 31.2 Å². The third-order valence-corrected chi connectivity index (χ3v) is 4.07. The number of aryl methyl sites for hydroxylation is 1. The molecule has 0 radical (unpaired) electrons. The van der Waals surface area contributed by atoms with Crippen molar-refractivity contribution in [3.05, 3.63) is 66.1 Å². The van der Waals surface area contributed by atoms with Crippen molar-refractivity contribution in [2.45, 2.75) is 6.92 Å². The van der Waals surface area contributed by atoms with E-state index in [1.165, 1.54) is 12.1 Å². The Labute approximate surface area is 148 Å². The lowest BCUT2D eigenvalue weighted by molar-refractivity contribution is 0.0997. The maximum Gasteiger partial charge on any atom is 0.269 e. The van der Waals surface area contributed by atoms with Gasteiger partial charge in [-0.3, -0.25) is 9.36 Å². The lowest BCUT2D eigenvalue weighted by Crippen LogP contribution is -2.15. The normalized spacial score (nSPS) is 11.0. The number of carbonyl (C=O) groups excluding carboxylic acids is 1. The molecule has 0 saturated carbocycles. The molecule has 0 saturated heterocycles. The van der Waals surface area contributed by atoms with Gasteiger partial charge in [-0.05, 0) is 43.3 Å². The van der Waals surface area contributed by atoms with Gasteiger partial charge in [-0.1, -0.05) is 17.7 Å². The smallest absolute Gasteiger partial charge is 0.269 e. The maximum absolute atomic E-state index is 11.9. The van der Waals surface area contributed by atoms with Gasteiger partial charge in [0.1, 0.15) is 17.6 Å². The number of aromatic hydroxyl groups is 1. The third kappa shape index (κ3) is 2.65. The highest BCUT2D eigenvalue weighted by molar-refractivity contribution is 6.02. The van der Waals surface area contributed by atoms with Crippen molar-refractivity contribution in [2.75, 3.05) is 0 Å². The first-order valence-corrected chi connectivity index (χ1v) is 7.94. The van der Waals surface area contributed by atoms with E-state index >= 15 is 0 Å². The van der Waals surface area contributed by atoms with Crippen molar-refractivity contribution in [2.24, 2.45) is 5.73 Å². The summed E-state index contributed by atoms with van der Waals surface area (Å²) in [5.74, 6) is -0.207. The first kappa shape index (κ1) is 15.8. The minimum absolute atomic E-state index is 0.0592. The summed E-state index contributed by atoms with van der Waals surface area (Å²) in [4.78, 5) is 25.0. The van der Waals surface area contributed by atoms with Gasteiger partial charge >= 0.3 is 0 Å². The Bertz CT molecular complexity index is 1120. The average Bonchev–Trinajstić information content (AvgIpc) is 3.06. The zero-order chi connectivity index (χ0) is 18.3. The van der Waals surface area contributed by atoms with Crippen molar-refractivity contribution in [1.82, 2.24) is 19.5 Å². The number of fused-ring (bicyclic) bond motifs is 1. The fraction of sp³-hybridized carbons (Fsp3) is 0.0526. The second-order valence-corrected chi connectivity index (χ2v) is 5.93. The van der Waals surface area contributed by atoms with Gasteiger partial charge in [0.05, 0.1) is 0 Å². The molecule has 2 aromatic carbocycles. The van der Waals surface area contributed by atoms with Crippen LogP contribution >= 0.6 is 0 Å². The molecule has 2 heterocycles. The van der Waals surface area contributed by atoms with Crippen LogP contribution in [0.3, 0.4) is 0 Å². The molecule has 0 aliphatic heterocycles. The predicted molar refractivity (Wildman–Crippen MR) is 97.0 cm³/mol. The van der Waals surface area contributed by atoms with Crippen molar-refractivity contribution in [3.63, 3.8) is 0 Å². The molecule has 4 rings (SSSR count). The molecule has 26 heavy (non-hydrogen) atoms. The van der Waals surface area contributed by atoms with Gasteiger partial charge in [-0.2, -0.15) is 0 Å². The fourth-order valence-electron chi connectivity index (χ4n) is 2.71. The number of phenols is 1. The number of rotatable bonds is 3. The molecule has 128 valence electrons. The summed E-state index contributed by atoms with van der Waals surface area (Å²) in [5, 5.41) is 9.47. The Morgan fingerprint density at radius 2 is 1.73 bits per heavy atom. The van der Waals surface area contributed by atoms with Crippen LogP contribution in [-0.2, 0) is 0 Å². The lowest BCUT2D eigenvalue weighted by Gasteiger charge is -2.07. The summed E-state index contributed by atoms with van der Waals surface area (Å²) in [6.07, 6.45) is 1.59. The highest BCUT2D eigenvalue weighted by Gasteiger charge is 2.18. The van der Waals surface area contributed by atoms with Crippen LogP contribution in [0.4, 0.5) is 0 Å². The van der Waals surface area contributed by atoms with Crippen molar-refractivity contribution in [3.8, 4) is 22.8 Å². The summed E-state index contributed by atoms with van der Waals surface area (Å²) in [7, 11) is 0. The molecule has 0 spiro atoms. The standard InChI is InChI=1S/C19H15N5O2/c1-11-2-6-13(7-3-11)24-10-21-16-15(17(20)26)22-18(23-19(16)24)12-4-8-14(25)9-5-12/h2-10,25H,1H3,(H2,20,26). The number of hydrogen-bond donors (Lipinski definition) is 2. The van der Waals surface area contributed by atoms with Crippen molar-refractivity contribution in [1.29, 1.82) is 0 Å². The van der Waals surface area contributed by atoms with Gasteiger partial charge in [0.15, 0.2) is 17.2 Å². The van der Waals surface area contributed by atoms with E-state index < -0.39 is 5.91 Å². The number of amides is 1. The molecule has 0 atom stereocenters. The van der Waals surface area contributed by atoms with Crippen LogP contribution in [0.1, 0.15) is 16.1 Å². The molecule has 4 aromatic rings. The van der Waals surface area contributed by atoms with Crippen LogP contribution < -0.4 is 5.73 Å². The van der Waals surface area contributed by atoms with Crippen LogP contribution in [0.15, 0.2) is 54.9 Å². The second-order valence-electron chi connectivity index (χ2n) is 5.93. The number of phenolic OH excluding ortho intramolecular Hbond substituents is 1. The molecule has 7 nitrogen and oxygen atoms in total. The molecule has 0 aliphatic rings. The first-order valence-electron chi connectivity index (χ1n) is 7.94. The molecule has 1 amide bonds.